The van der Waals surface area contributed by atoms with Gasteiger partial charge in [0.25, 0.3) is 0 Å². The van der Waals surface area contributed by atoms with Gasteiger partial charge in [-0.25, -0.2) is 9.97 Å². The van der Waals surface area contributed by atoms with Crippen LogP contribution in [0.5, 0.6) is 0 Å². The SMILES string of the molecule is O=C(O)Cc1csc(SCC(=O)NNc2ccccn2)n1. The first kappa shape index (κ1) is 15.3. The molecule has 0 aliphatic heterocycles. The number of rotatable bonds is 7. The zero-order valence-corrected chi connectivity index (χ0v) is 12.4. The largest absolute Gasteiger partial charge is 0.481 e. The van der Waals surface area contributed by atoms with E-state index in [-0.39, 0.29) is 18.1 Å². The van der Waals surface area contributed by atoms with Crippen LogP contribution >= 0.6 is 23.1 Å². The Morgan fingerprint density at radius 3 is 2.95 bits per heavy atom. The number of carboxylic acids is 1. The first-order valence-corrected chi connectivity index (χ1v) is 7.75. The molecule has 2 heterocycles. The minimum absolute atomic E-state index is 0.107. The van der Waals surface area contributed by atoms with E-state index in [2.05, 4.69) is 20.8 Å². The Kier molecular flexibility index (Phi) is 5.52. The molecular weight excluding hydrogens is 312 g/mol. The lowest BCUT2D eigenvalue weighted by Gasteiger charge is -2.06. The van der Waals surface area contributed by atoms with Crippen molar-refractivity contribution < 1.29 is 14.7 Å². The Hall–Kier alpha value is -2.13. The van der Waals surface area contributed by atoms with Gasteiger partial charge in [0.1, 0.15) is 5.82 Å². The quantitative estimate of drug-likeness (QED) is 0.522. The van der Waals surface area contributed by atoms with Gasteiger partial charge in [-0.15, -0.1) is 11.3 Å². The lowest BCUT2D eigenvalue weighted by atomic mass is 10.3. The molecule has 0 bridgehead atoms. The summed E-state index contributed by atoms with van der Waals surface area (Å²) in [6, 6.07) is 5.31. The summed E-state index contributed by atoms with van der Waals surface area (Å²) in [5.74, 6) is -0.413. The van der Waals surface area contributed by atoms with Crippen LogP contribution in [-0.2, 0) is 16.0 Å². The predicted molar refractivity (Wildman–Crippen MR) is 80.2 cm³/mol. The van der Waals surface area contributed by atoms with Crippen molar-refractivity contribution in [2.45, 2.75) is 10.8 Å². The van der Waals surface area contributed by atoms with Gasteiger partial charge >= 0.3 is 5.97 Å². The first-order valence-electron chi connectivity index (χ1n) is 5.88. The second-order valence-electron chi connectivity index (χ2n) is 3.85. The maximum Gasteiger partial charge on any atom is 0.309 e. The Morgan fingerprint density at radius 1 is 1.38 bits per heavy atom. The molecule has 0 saturated carbocycles. The number of thiazole rings is 1. The predicted octanol–water partition coefficient (Wildman–Crippen LogP) is 1.40. The number of thioether (sulfide) groups is 1. The fraction of sp³-hybridized carbons (Fsp3) is 0.167. The number of carbonyl (C=O) groups excluding carboxylic acids is 1. The van der Waals surface area contributed by atoms with Crippen LogP contribution in [0.3, 0.4) is 0 Å². The van der Waals surface area contributed by atoms with Crippen molar-refractivity contribution in [3.63, 3.8) is 0 Å². The number of hydrogen-bond donors (Lipinski definition) is 3. The molecule has 7 nitrogen and oxygen atoms in total. The normalized spacial score (nSPS) is 10.1. The fourth-order valence-corrected chi connectivity index (χ4v) is 2.97. The summed E-state index contributed by atoms with van der Waals surface area (Å²) in [6.07, 6.45) is 1.51. The number of pyridine rings is 1. The highest BCUT2D eigenvalue weighted by atomic mass is 32.2. The van der Waals surface area contributed by atoms with Crippen LogP contribution in [0.2, 0.25) is 0 Å². The van der Waals surface area contributed by atoms with Gasteiger partial charge in [-0.2, -0.15) is 0 Å². The van der Waals surface area contributed by atoms with E-state index >= 15 is 0 Å². The van der Waals surface area contributed by atoms with E-state index in [9.17, 15) is 9.59 Å². The molecule has 0 aliphatic carbocycles. The van der Waals surface area contributed by atoms with Crippen molar-refractivity contribution >= 4 is 40.8 Å². The van der Waals surface area contributed by atoms with Gasteiger partial charge in [0.2, 0.25) is 5.91 Å². The molecule has 2 aromatic heterocycles. The third kappa shape index (κ3) is 5.40. The molecule has 2 aromatic rings. The summed E-state index contributed by atoms with van der Waals surface area (Å²) >= 11 is 2.58. The standard InChI is InChI=1S/C12H12N4O3S2/c17-10(16-15-9-3-1-2-4-13-9)7-21-12-14-8(6-20-12)5-11(18)19/h1-4,6H,5,7H2,(H,13,15)(H,16,17)(H,18,19). The second-order valence-corrected chi connectivity index (χ2v) is 5.93. The molecule has 21 heavy (non-hydrogen) atoms. The topological polar surface area (TPSA) is 104 Å². The zero-order valence-electron chi connectivity index (χ0n) is 10.8. The van der Waals surface area contributed by atoms with E-state index in [0.717, 1.165) is 0 Å². The number of nitrogens with one attached hydrogen (secondary N) is 2. The average Bonchev–Trinajstić information content (AvgIpc) is 2.91. The monoisotopic (exact) mass is 324 g/mol. The van der Waals surface area contributed by atoms with E-state index in [4.69, 9.17) is 5.11 Å². The van der Waals surface area contributed by atoms with Crippen molar-refractivity contribution in [2.24, 2.45) is 0 Å². The smallest absolute Gasteiger partial charge is 0.309 e. The number of amides is 1. The molecule has 0 radical (unpaired) electrons. The van der Waals surface area contributed by atoms with Crippen molar-refractivity contribution in [3.05, 3.63) is 35.5 Å². The molecule has 0 unspecified atom stereocenters. The molecule has 3 N–H and O–H groups in total. The number of hydrazine groups is 1. The molecule has 0 fully saturated rings. The lowest BCUT2D eigenvalue weighted by molar-refractivity contribution is -0.136. The molecule has 110 valence electrons. The van der Waals surface area contributed by atoms with Crippen LogP contribution in [-0.4, -0.2) is 32.7 Å². The summed E-state index contributed by atoms with van der Waals surface area (Å²) < 4.78 is 0.666. The van der Waals surface area contributed by atoms with Crippen molar-refractivity contribution in [1.29, 1.82) is 0 Å². The van der Waals surface area contributed by atoms with Crippen LogP contribution in [0.1, 0.15) is 5.69 Å². The Morgan fingerprint density at radius 2 is 2.24 bits per heavy atom. The molecule has 9 heteroatoms. The van der Waals surface area contributed by atoms with E-state index in [0.29, 0.717) is 15.9 Å². The van der Waals surface area contributed by atoms with Crippen molar-refractivity contribution in [3.8, 4) is 0 Å². The van der Waals surface area contributed by atoms with E-state index in [1.165, 1.54) is 23.1 Å². The highest BCUT2D eigenvalue weighted by Gasteiger charge is 2.08. The summed E-state index contributed by atoms with van der Waals surface area (Å²) in [5, 5.41) is 10.3. The second kappa shape index (κ2) is 7.60. The van der Waals surface area contributed by atoms with Gasteiger partial charge in [-0.1, -0.05) is 17.8 Å². The molecule has 1 amide bonds. The maximum absolute atomic E-state index is 11.6. The minimum Gasteiger partial charge on any atom is -0.481 e. The molecule has 0 atom stereocenters. The number of hydrogen-bond acceptors (Lipinski definition) is 7. The number of nitrogens with zero attached hydrogens (tertiary/aromatic N) is 2. The minimum atomic E-state index is -0.922. The van der Waals surface area contributed by atoms with Crippen molar-refractivity contribution in [1.82, 2.24) is 15.4 Å². The van der Waals surface area contributed by atoms with Gasteiger partial charge in [0.05, 0.1) is 17.9 Å². The maximum atomic E-state index is 11.6. The molecule has 0 spiro atoms. The van der Waals surface area contributed by atoms with E-state index in [1.807, 2.05) is 0 Å². The summed E-state index contributed by atoms with van der Waals surface area (Å²) in [7, 11) is 0. The van der Waals surface area contributed by atoms with Gasteiger partial charge < -0.3 is 5.11 Å². The number of carboxylic acid groups (broad SMARTS) is 1. The van der Waals surface area contributed by atoms with E-state index < -0.39 is 5.97 Å². The number of aromatic nitrogens is 2. The van der Waals surface area contributed by atoms with Gasteiger partial charge in [-0.05, 0) is 12.1 Å². The Labute approximate surface area is 128 Å². The lowest BCUT2D eigenvalue weighted by Crippen LogP contribution is -2.31. The van der Waals surface area contributed by atoms with Crippen LogP contribution in [0.4, 0.5) is 5.82 Å². The third-order valence-electron chi connectivity index (χ3n) is 2.18. The fourth-order valence-electron chi connectivity index (χ4n) is 1.32. The summed E-state index contributed by atoms with van der Waals surface area (Å²) in [5.41, 5.74) is 5.71. The van der Waals surface area contributed by atoms with Gasteiger partial charge in [0.15, 0.2) is 4.34 Å². The van der Waals surface area contributed by atoms with Gasteiger partial charge in [-0.3, -0.25) is 20.4 Å². The Bertz CT molecular complexity index is 618. The molecule has 0 aromatic carbocycles. The molecular formula is C12H12N4O3S2. The number of aliphatic carboxylic acids is 1. The summed E-state index contributed by atoms with van der Waals surface area (Å²) in [6.45, 7) is 0. The highest BCUT2D eigenvalue weighted by Crippen LogP contribution is 2.22. The van der Waals surface area contributed by atoms with Gasteiger partial charge in [0, 0.05) is 11.6 Å². The zero-order chi connectivity index (χ0) is 15.1. The van der Waals surface area contributed by atoms with Crippen LogP contribution < -0.4 is 10.9 Å². The van der Waals surface area contributed by atoms with Crippen LogP contribution in [0.25, 0.3) is 0 Å². The Balaban J connectivity index is 1.73. The third-order valence-corrected chi connectivity index (χ3v) is 4.25. The highest BCUT2D eigenvalue weighted by molar-refractivity contribution is 8.01. The number of carbonyl (C=O) groups is 2. The molecule has 2 rings (SSSR count). The number of anilines is 1. The molecule has 0 aliphatic rings. The average molecular weight is 324 g/mol. The van der Waals surface area contributed by atoms with Crippen LogP contribution in [0.15, 0.2) is 34.1 Å². The summed E-state index contributed by atoms with van der Waals surface area (Å²) in [4.78, 5) is 30.3. The van der Waals surface area contributed by atoms with Crippen molar-refractivity contribution in [2.75, 3.05) is 11.2 Å². The molecule has 0 saturated heterocycles. The first-order chi connectivity index (χ1) is 10.1. The van der Waals surface area contributed by atoms with Crippen LogP contribution in [0, 0.1) is 0 Å². The van der Waals surface area contributed by atoms with E-state index in [1.54, 1.807) is 29.8 Å².